The lowest BCUT2D eigenvalue weighted by molar-refractivity contribution is -0.121. The standard InChI is InChI=1S/C23H23FN4O3/c1-14-13-19(24)7-8-20(14)26-22(29)17-9-11-28(12-10-17)23(30)18-5-3-16(4-6-18)21-25-15(2)31-27-21/h3-8,13,17H,9-12H2,1-2H3,(H,26,29). The highest BCUT2D eigenvalue weighted by Gasteiger charge is 2.28. The lowest BCUT2D eigenvalue weighted by Crippen LogP contribution is -2.41. The van der Waals surface area contributed by atoms with E-state index in [-0.39, 0.29) is 23.5 Å². The summed E-state index contributed by atoms with van der Waals surface area (Å²) in [6, 6.07) is 11.4. The van der Waals surface area contributed by atoms with Crippen LogP contribution in [0.5, 0.6) is 0 Å². The average molecular weight is 422 g/mol. The Morgan fingerprint density at radius 1 is 1.10 bits per heavy atom. The highest BCUT2D eigenvalue weighted by atomic mass is 19.1. The summed E-state index contributed by atoms with van der Waals surface area (Å²) >= 11 is 0. The first-order chi connectivity index (χ1) is 14.9. The van der Waals surface area contributed by atoms with Crippen molar-refractivity contribution in [2.75, 3.05) is 18.4 Å². The Morgan fingerprint density at radius 2 is 1.81 bits per heavy atom. The maximum absolute atomic E-state index is 13.2. The van der Waals surface area contributed by atoms with E-state index in [4.69, 9.17) is 4.52 Å². The van der Waals surface area contributed by atoms with Gasteiger partial charge in [-0.3, -0.25) is 9.59 Å². The van der Waals surface area contributed by atoms with Gasteiger partial charge in [0.05, 0.1) is 0 Å². The molecule has 0 saturated carbocycles. The Balaban J connectivity index is 1.33. The van der Waals surface area contributed by atoms with E-state index in [1.807, 2.05) is 0 Å². The Labute approximate surface area is 179 Å². The molecule has 160 valence electrons. The lowest BCUT2D eigenvalue weighted by atomic mass is 9.95. The Kier molecular flexibility index (Phi) is 5.79. The zero-order chi connectivity index (χ0) is 22.0. The molecule has 3 aromatic rings. The van der Waals surface area contributed by atoms with Gasteiger partial charge in [-0.1, -0.05) is 17.3 Å². The van der Waals surface area contributed by atoms with Crippen molar-refractivity contribution in [2.24, 2.45) is 5.92 Å². The number of aryl methyl sites for hydroxylation is 2. The molecule has 1 aliphatic rings. The van der Waals surface area contributed by atoms with Crippen molar-refractivity contribution >= 4 is 17.5 Å². The van der Waals surface area contributed by atoms with Crippen molar-refractivity contribution < 1.29 is 18.5 Å². The second-order valence-electron chi connectivity index (χ2n) is 7.73. The maximum Gasteiger partial charge on any atom is 0.253 e. The highest BCUT2D eigenvalue weighted by Crippen LogP contribution is 2.23. The van der Waals surface area contributed by atoms with E-state index in [1.165, 1.54) is 12.1 Å². The number of rotatable bonds is 4. The molecule has 1 N–H and O–H groups in total. The van der Waals surface area contributed by atoms with Crippen molar-refractivity contribution in [3.05, 3.63) is 65.3 Å². The van der Waals surface area contributed by atoms with Crippen LogP contribution in [-0.4, -0.2) is 39.9 Å². The van der Waals surface area contributed by atoms with Crippen LogP contribution >= 0.6 is 0 Å². The number of hydrogen-bond acceptors (Lipinski definition) is 5. The topological polar surface area (TPSA) is 88.3 Å². The Hall–Kier alpha value is -3.55. The van der Waals surface area contributed by atoms with Crippen molar-refractivity contribution in [2.45, 2.75) is 26.7 Å². The molecule has 0 atom stereocenters. The van der Waals surface area contributed by atoms with Crippen LogP contribution in [0.2, 0.25) is 0 Å². The summed E-state index contributed by atoms with van der Waals surface area (Å²) in [5.41, 5.74) is 2.65. The third-order valence-corrected chi connectivity index (χ3v) is 5.52. The van der Waals surface area contributed by atoms with Gasteiger partial charge >= 0.3 is 0 Å². The fraction of sp³-hybridized carbons (Fsp3) is 0.304. The number of nitrogens with one attached hydrogen (secondary N) is 1. The van der Waals surface area contributed by atoms with Crippen LogP contribution in [0.15, 0.2) is 47.0 Å². The first-order valence-electron chi connectivity index (χ1n) is 10.2. The molecular formula is C23H23FN4O3. The SMILES string of the molecule is Cc1nc(-c2ccc(C(=O)N3CCC(C(=O)Nc4ccc(F)cc4C)CC3)cc2)no1. The first kappa shape index (κ1) is 20.7. The van der Waals surface area contributed by atoms with Crippen molar-refractivity contribution in [1.29, 1.82) is 0 Å². The van der Waals surface area contributed by atoms with Gasteiger partial charge in [-0.15, -0.1) is 0 Å². The van der Waals surface area contributed by atoms with Crippen LogP contribution in [-0.2, 0) is 4.79 Å². The maximum atomic E-state index is 13.2. The van der Waals surface area contributed by atoms with Crippen LogP contribution in [0.3, 0.4) is 0 Å². The molecule has 8 heteroatoms. The average Bonchev–Trinajstić information content (AvgIpc) is 3.21. The first-order valence-corrected chi connectivity index (χ1v) is 10.2. The molecule has 7 nitrogen and oxygen atoms in total. The number of hydrogen-bond donors (Lipinski definition) is 1. The molecule has 1 aromatic heterocycles. The van der Waals surface area contributed by atoms with Crippen molar-refractivity contribution in [1.82, 2.24) is 15.0 Å². The summed E-state index contributed by atoms with van der Waals surface area (Å²) < 4.78 is 18.2. The van der Waals surface area contributed by atoms with Gasteiger partial charge in [-0.25, -0.2) is 4.39 Å². The summed E-state index contributed by atoms with van der Waals surface area (Å²) in [4.78, 5) is 31.4. The zero-order valence-electron chi connectivity index (χ0n) is 17.4. The monoisotopic (exact) mass is 422 g/mol. The molecule has 1 saturated heterocycles. The van der Waals surface area contributed by atoms with Gasteiger partial charge in [0.15, 0.2) is 0 Å². The van der Waals surface area contributed by atoms with Gasteiger partial charge in [-0.05, 0) is 55.7 Å². The molecule has 0 bridgehead atoms. The summed E-state index contributed by atoms with van der Waals surface area (Å²) in [6.45, 7) is 4.49. The number of aromatic nitrogens is 2. The van der Waals surface area contributed by atoms with Gasteiger partial charge in [0, 0.05) is 42.7 Å². The predicted molar refractivity (Wildman–Crippen MR) is 113 cm³/mol. The minimum Gasteiger partial charge on any atom is -0.339 e. The van der Waals surface area contributed by atoms with E-state index < -0.39 is 0 Å². The molecule has 2 heterocycles. The predicted octanol–water partition coefficient (Wildman–Crippen LogP) is 3.98. The molecule has 0 radical (unpaired) electrons. The molecule has 4 rings (SSSR count). The summed E-state index contributed by atoms with van der Waals surface area (Å²) in [7, 11) is 0. The zero-order valence-corrected chi connectivity index (χ0v) is 17.4. The Morgan fingerprint density at radius 3 is 2.42 bits per heavy atom. The minimum atomic E-state index is -0.331. The van der Waals surface area contributed by atoms with E-state index in [1.54, 1.807) is 49.1 Å². The third-order valence-electron chi connectivity index (χ3n) is 5.52. The number of carbonyl (C=O) groups excluding carboxylic acids is 2. The largest absolute Gasteiger partial charge is 0.339 e. The number of halogens is 1. The summed E-state index contributed by atoms with van der Waals surface area (Å²) in [6.07, 6.45) is 1.16. The van der Waals surface area contributed by atoms with E-state index >= 15 is 0 Å². The van der Waals surface area contributed by atoms with E-state index in [9.17, 15) is 14.0 Å². The molecule has 31 heavy (non-hydrogen) atoms. The highest BCUT2D eigenvalue weighted by molar-refractivity contribution is 5.96. The molecule has 2 aromatic carbocycles. The van der Waals surface area contributed by atoms with Gasteiger partial charge in [0.2, 0.25) is 17.6 Å². The summed E-state index contributed by atoms with van der Waals surface area (Å²) in [5.74, 6) is 0.294. The minimum absolute atomic E-state index is 0.0657. The van der Waals surface area contributed by atoms with Crippen molar-refractivity contribution in [3.63, 3.8) is 0 Å². The number of carbonyl (C=O) groups is 2. The van der Waals surface area contributed by atoms with Crippen LogP contribution < -0.4 is 5.32 Å². The quantitative estimate of drug-likeness (QED) is 0.687. The number of nitrogens with zero attached hydrogens (tertiary/aromatic N) is 3. The molecule has 1 fully saturated rings. The number of piperidine rings is 1. The fourth-order valence-electron chi connectivity index (χ4n) is 3.71. The normalized spacial score (nSPS) is 14.5. The molecular weight excluding hydrogens is 399 g/mol. The number of anilines is 1. The van der Waals surface area contributed by atoms with Crippen LogP contribution in [0.1, 0.15) is 34.7 Å². The van der Waals surface area contributed by atoms with Gasteiger partial charge in [-0.2, -0.15) is 4.98 Å². The van der Waals surface area contributed by atoms with Crippen molar-refractivity contribution in [3.8, 4) is 11.4 Å². The van der Waals surface area contributed by atoms with Gasteiger partial charge in [0.1, 0.15) is 5.82 Å². The molecule has 0 unspecified atom stereocenters. The van der Waals surface area contributed by atoms with Crippen LogP contribution in [0.4, 0.5) is 10.1 Å². The molecule has 0 spiro atoms. The molecule has 1 aliphatic heterocycles. The number of likely N-dealkylation sites (tertiary alicyclic amines) is 1. The van der Waals surface area contributed by atoms with E-state index in [0.29, 0.717) is 54.5 Å². The number of benzene rings is 2. The van der Waals surface area contributed by atoms with E-state index in [0.717, 1.165) is 5.56 Å². The number of amides is 2. The van der Waals surface area contributed by atoms with Gasteiger partial charge < -0.3 is 14.7 Å². The second-order valence-corrected chi connectivity index (χ2v) is 7.73. The van der Waals surface area contributed by atoms with Gasteiger partial charge in [0.25, 0.3) is 5.91 Å². The smallest absolute Gasteiger partial charge is 0.253 e. The third kappa shape index (κ3) is 4.63. The van der Waals surface area contributed by atoms with E-state index in [2.05, 4.69) is 15.5 Å². The lowest BCUT2D eigenvalue weighted by Gasteiger charge is -2.31. The summed E-state index contributed by atoms with van der Waals surface area (Å²) in [5, 5.41) is 6.75. The Bertz CT molecular complexity index is 1100. The molecule has 0 aliphatic carbocycles. The van der Waals surface area contributed by atoms with Crippen LogP contribution in [0, 0.1) is 25.6 Å². The van der Waals surface area contributed by atoms with Crippen LogP contribution in [0.25, 0.3) is 11.4 Å². The second kappa shape index (κ2) is 8.67. The molecule has 2 amide bonds. The fourth-order valence-corrected chi connectivity index (χ4v) is 3.71.